The molecule has 10 nitrogen and oxygen atoms in total. The molecule has 174 valence electrons. The molecule has 0 unspecified atom stereocenters. The van der Waals surface area contributed by atoms with Crippen LogP contribution in [0.1, 0.15) is 30.9 Å². The molecule has 0 bridgehead atoms. The van der Waals surface area contributed by atoms with Crippen LogP contribution in [-0.2, 0) is 21.2 Å². The van der Waals surface area contributed by atoms with E-state index < -0.39 is 10.0 Å². The minimum atomic E-state index is -3.72. The predicted molar refractivity (Wildman–Crippen MR) is 119 cm³/mol. The number of piperazine rings is 1. The van der Waals surface area contributed by atoms with Crippen molar-refractivity contribution in [2.24, 2.45) is 0 Å². The highest BCUT2D eigenvalue weighted by Crippen LogP contribution is 2.24. The number of rotatable bonds is 6. The Balaban J connectivity index is 1.54. The maximum absolute atomic E-state index is 12.9. The topological polar surface area (TPSA) is 125 Å². The quantitative estimate of drug-likeness (QED) is 0.674. The Morgan fingerprint density at radius 1 is 1.09 bits per heavy atom. The molecule has 1 fully saturated rings. The van der Waals surface area contributed by atoms with Crippen molar-refractivity contribution in [3.63, 3.8) is 0 Å². The van der Waals surface area contributed by atoms with Crippen LogP contribution in [0.5, 0.6) is 0 Å². The van der Waals surface area contributed by atoms with Crippen LogP contribution in [0.25, 0.3) is 0 Å². The van der Waals surface area contributed by atoms with E-state index in [-0.39, 0.29) is 61.2 Å². The second-order valence-electron chi connectivity index (χ2n) is 8.07. The maximum atomic E-state index is 12.9. The summed E-state index contributed by atoms with van der Waals surface area (Å²) < 4.78 is 32.1. The Morgan fingerprint density at radius 3 is 2.25 bits per heavy atom. The molecule has 2 N–H and O–H groups in total. The van der Waals surface area contributed by atoms with Gasteiger partial charge in [-0.15, -0.1) is 0 Å². The fraction of sp³-hybridized carbons (Fsp3) is 0.476. The molecule has 0 atom stereocenters. The molecule has 1 aromatic heterocycles. The second-order valence-corrected chi connectivity index (χ2v) is 9.95. The number of aryl methyl sites for hydroxylation is 2. The Hall–Kier alpha value is -2.92. The lowest BCUT2D eigenvalue weighted by Gasteiger charge is -2.33. The van der Waals surface area contributed by atoms with Crippen LogP contribution in [0.2, 0.25) is 0 Å². The summed E-state index contributed by atoms with van der Waals surface area (Å²) in [5, 5.41) is 9.38. The van der Waals surface area contributed by atoms with Gasteiger partial charge >= 0.3 is 6.03 Å². The van der Waals surface area contributed by atoms with Crippen molar-refractivity contribution in [2.75, 3.05) is 31.5 Å². The summed E-state index contributed by atoms with van der Waals surface area (Å²) in [5.74, 6) is 0.203. The SMILES string of the molecule is Cc1noc(C)c1S(=O)(=O)N1CCN(C(=O)Nc2ccc(CC(=O)NC(C)C)cc2)CC1. The van der Waals surface area contributed by atoms with Gasteiger partial charge in [0.15, 0.2) is 5.76 Å². The molecule has 2 heterocycles. The van der Waals surface area contributed by atoms with Gasteiger partial charge in [-0.2, -0.15) is 4.31 Å². The van der Waals surface area contributed by atoms with Crippen molar-refractivity contribution in [2.45, 2.75) is 45.1 Å². The van der Waals surface area contributed by atoms with E-state index in [9.17, 15) is 18.0 Å². The summed E-state index contributed by atoms with van der Waals surface area (Å²) in [6, 6.07) is 6.86. The monoisotopic (exact) mass is 463 g/mol. The van der Waals surface area contributed by atoms with Crippen molar-refractivity contribution in [1.82, 2.24) is 19.7 Å². The second kappa shape index (κ2) is 9.70. The van der Waals surface area contributed by atoms with Crippen LogP contribution >= 0.6 is 0 Å². The van der Waals surface area contributed by atoms with Gasteiger partial charge in [0.1, 0.15) is 10.6 Å². The van der Waals surface area contributed by atoms with Gasteiger partial charge in [-0.25, -0.2) is 13.2 Å². The number of urea groups is 1. The highest BCUT2D eigenvalue weighted by atomic mass is 32.2. The van der Waals surface area contributed by atoms with Gasteiger partial charge in [0, 0.05) is 37.9 Å². The largest absolute Gasteiger partial charge is 0.360 e. The van der Waals surface area contributed by atoms with E-state index in [4.69, 9.17) is 4.52 Å². The standard InChI is InChI=1S/C21H29N5O5S/c1-14(2)22-19(27)13-17-5-7-18(8-6-17)23-21(28)25-9-11-26(12-10-25)32(29,30)20-15(3)24-31-16(20)4/h5-8,14H,9-13H2,1-4H3,(H,22,27)(H,23,28). The molecular formula is C21H29N5O5S. The fourth-order valence-electron chi connectivity index (χ4n) is 3.57. The number of nitrogens with one attached hydrogen (secondary N) is 2. The summed E-state index contributed by atoms with van der Waals surface area (Å²) in [6.45, 7) is 7.87. The number of nitrogens with zero attached hydrogens (tertiary/aromatic N) is 3. The molecule has 3 rings (SSSR count). The van der Waals surface area contributed by atoms with Crippen molar-refractivity contribution in [1.29, 1.82) is 0 Å². The van der Waals surface area contributed by atoms with E-state index in [2.05, 4.69) is 15.8 Å². The van der Waals surface area contributed by atoms with Crippen LogP contribution < -0.4 is 10.6 Å². The Morgan fingerprint density at radius 2 is 1.72 bits per heavy atom. The van der Waals surface area contributed by atoms with Gasteiger partial charge in [-0.3, -0.25) is 4.79 Å². The normalized spacial score (nSPS) is 15.1. The molecule has 2 aromatic rings. The van der Waals surface area contributed by atoms with Crippen molar-refractivity contribution in [3.8, 4) is 0 Å². The maximum Gasteiger partial charge on any atom is 0.321 e. The molecule has 0 spiro atoms. The number of carbonyl (C=O) groups excluding carboxylic acids is 2. The molecular weight excluding hydrogens is 434 g/mol. The summed E-state index contributed by atoms with van der Waals surface area (Å²) in [5.41, 5.74) is 1.78. The molecule has 1 aromatic carbocycles. The highest BCUT2D eigenvalue weighted by Gasteiger charge is 2.34. The average Bonchev–Trinajstić information content (AvgIpc) is 3.07. The van der Waals surface area contributed by atoms with E-state index >= 15 is 0 Å². The minimum absolute atomic E-state index is 0.0544. The molecule has 1 aliphatic heterocycles. The lowest BCUT2D eigenvalue weighted by molar-refractivity contribution is -0.120. The summed E-state index contributed by atoms with van der Waals surface area (Å²) >= 11 is 0. The third-order valence-corrected chi connectivity index (χ3v) is 7.25. The zero-order valence-corrected chi connectivity index (χ0v) is 19.5. The van der Waals surface area contributed by atoms with E-state index in [1.54, 1.807) is 43.0 Å². The molecule has 0 radical (unpaired) electrons. The number of hydrogen-bond donors (Lipinski definition) is 2. The lowest BCUT2D eigenvalue weighted by atomic mass is 10.1. The van der Waals surface area contributed by atoms with Crippen LogP contribution in [0, 0.1) is 13.8 Å². The van der Waals surface area contributed by atoms with Gasteiger partial charge in [0.05, 0.1) is 6.42 Å². The van der Waals surface area contributed by atoms with Crippen LogP contribution in [0.3, 0.4) is 0 Å². The minimum Gasteiger partial charge on any atom is -0.360 e. The zero-order valence-electron chi connectivity index (χ0n) is 18.7. The average molecular weight is 464 g/mol. The smallest absolute Gasteiger partial charge is 0.321 e. The molecule has 1 saturated heterocycles. The number of hydrogen-bond acceptors (Lipinski definition) is 6. The van der Waals surface area contributed by atoms with Crippen LogP contribution in [-0.4, -0.2) is 66.9 Å². The molecule has 3 amide bonds. The van der Waals surface area contributed by atoms with E-state index in [1.165, 1.54) is 4.31 Å². The number of anilines is 1. The first-order valence-corrected chi connectivity index (χ1v) is 11.9. The Kier molecular flexibility index (Phi) is 7.19. The zero-order chi connectivity index (χ0) is 23.5. The van der Waals surface area contributed by atoms with Gasteiger partial charge < -0.3 is 20.1 Å². The fourth-order valence-corrected chi connectivity index (χ4v) is 5.28. The Labute approximate surface area is 188 Å². The number of sulfonamides is 1. The summed E-state index contributed by atoms with van der Waals surface area (Å²) in [6.07, 6.45) is 0.272. The van der Waals surface area contributed by atoms with E-state index in [1.807, 2.05) is 13.8 Å². The van der Waals surface area contributed by atoms with Crippen LogP contribution in [0.4, 0.5) is 10.5 Å². The summed E-state index contributed by atoms with van der Waals surface area (Å²) in [7, 11) is -3.72. The van der Waals surface area contributed by atoms with E-state index in [0.717, 1.165) is 5.56 Å². The predicted octanol–water partition coefficient (Wildman–Crippen LogP) is 1.90. The first-order chi connectivity index (χ1) is 15.1. The third-order valence-electron chi connectivity index (χ3n) is 5.11. The molecule has 0 aliphatic carbocycles. The van der Waals surface area contributed by atoms with Gasteiger partial charge in [-0.1, -0.05) is 17.3 Å². The van der Waals surface area contributed by atoms with Crippen molar-refractivity contribution in [3.05, 3.63) is 41.3 Å². The number of carbonyl (C=O) groups is 2. The first kappa shape index (κ1) is 23.7. The molecule has 0 saturated carbocycles. The highest BCUT2D eigenvalue weighted by molar-refractivity contribution is 7.89. The van der Waals surface area contributed by atoms with Gasteiger partial charge in [-0.05, 0) is 45.4 Å². The van der Waals surface area contributed by atoms with Crippen molar-refractivity contribution < 1.29 is 22.5 Å². The first-order valence-electron chi connectivity index (χ1n) is 10.4. The molecule has 1 aliphatic rings. The van der Waals surface area contributed by atoms with Crippen LogP contribution in [0.15, 0.2) is 33.7 Å². The Bertz CT molecular complexity index is 1050. The third kappa shape index (κ3) is 5.46. The van der Waals surface area contributed by atoms with Gasteiger partial charge in [0.25, 0.3) is 0 Å². The number of benzene rings is 1. The summed E-state index contributed by atoms with van der Waals surface area (Å²) in [4.78, 5) is 26.1. The van der Waals surface area contributed by atoms with E-state index in [0.29, 0.717) is 11.4 Å². The number of aromatic nitrogens is 1. The van der Waals surface area contributed by atoms with Crippen molar-refractivity contribution >= 4 is 27.6 Å². The lowest BCUT2D eigenvalue weighted by Crippen LogP contribution is -2.51. The number of amides is 3. The molecule has 32 heavy (non-hydrogen) atoms. The van der Waals surface area contributed by atoms with Gasteiger partial charge in [0.2, 0.25) is 15.9 Å². The molecule has 11 heteroatoms.